The Balaban J connectivity index is 1.97. The molecule has 0 saturated heterocycles. The van der Waals surface area contributed by atoms with E-state index in [0.29, 0.717) is 6.61 Å². The molecule has 1 aromatic heterocycles. The van der Waals surface area contributed by atoms with Gasteiger partial charge in [-0.2, -0.15) is 0 Å². The standard InChI is InChI=1S/C14H15N3O/c1-15-14(13-7-16-4-5-17-13)10-2-3-11-8-18-9-12(11)6-10/h2-7,14-15H,8-9H2,1H3. The maximum atomic E-state index is 5.44. The minimum absolute atomic E-state index is 0.0737. The number of hydrogen-bond donors (Lipinski definition) is 1. The summed E-state index contributed by atoms with van der Waals surface area (Å²) in [5.41, 5.74) is 4.69. The molecule has 0 radical (unpaired) electrons. The zero-order valence-electron chi connectivity index (χ0n) is 10.3. The van der Waals surface area contributed by atoms with E-state index in [4.69, 9.17) is 4.74 Å². The zero-order chi connectivity index (χ0) is 12.4. The highest BCUT2D eigenvalue weighted by Crippen LogP contribution is 2.26. The van der Waals surface area contributed by atoms with E-state index in [1.54, 1.807) is 18.6 Å². The van der Waals surface area contributed by atoms with Crippen LogP contribution < -0.4 is 5.32 Å². The van der Waals surface area contributed by atoms with E-state index in [2.05, 4.69) is 33.5 Å². The molecule has 4 nitrogen and oxygen atoms in total. The normalized spacial score (nSPS) is 15.4. The van der Waals surface area contributed by atoms with Crippen LogP contribution in [0.15, 0.2) is 36.8 Å². The Morgan fingerprint density at radius 3 is 2.89 bits per heavy atom. The van der Waals surface area contributed by atoms with Gasteiger partial charge in [0.2, 0.25) is 0 Å². The van der Waals surface area contributed by atoms with Crippen LogP contribution in [0, 0.1) is 0 Å². The predicted octanol–water partition coefficient (Wildman–Crippen LogP) is 1.82. The topological polar surface area (TPSA) is 47.0 Å². The number of hydrogen-bond acceptors (Lipinski definition) is 4. The molecule has 0 saturated carbocycles. The van der Waals surface area contributed by atoms with E-state index in [9.17, 15) is 0 Å². The molecule has 18 heavy (non-hydrogen) atoms. The summed E-state index contributed by atoms with van der Waals surface area (Å²) in [4.78, 5) is 8.49. The minimum Gasteiger partial charge on any atom is -0.372 e. The fourth-order valence-electron chi connectivity index (χ4n) is 2.32. The number of nitrogens with zero attached hydrogens (tertiary/aromatic N) is 2. The van der Waals surface area contributed by atoms with Crippen LogP contribution in [0.25, 0.3) is 0 Å². The van der Waals surface area contributed by atoms with Crippen molar-refractivity contribution in [1.82, 2.24) is 15.3 Å². The molecule has 1 aromatic carbocycles. The number of benzene rings is 1. The molecule has 1 aliphatic heterocycles. The summed E-state index contributed by atoms with van der Waals surface area (Å²) in [5, 5.41) is 3.28. The van der Waals surface area contributed by atoms with Gasteiger partial charge in [-0.25, -0.2) is 0 Å². The van der Waals surface area contributed by atoms with E-state index < -0.39 is 0 Å². The third-order valence-electron chi connectivity index (χ3n) is 3.25. The van der Waals surface area contributed by atoms with Gasteiger partial charge in [0, 0.05) is 12.4 Å². The second kappa shape index (κ2) is 4.84. The highest BCUT2D eigenvalue weighted by molar-refractivity contribution is 5.37. The molecule has 92 valence electrons. The quantitative estimate of drug-likeness (QED) is 0.890. The van der Waals surface area contributed by atoms with Crippen LogP contribution in [-0.4, -0.2) is 17.0 Å². The fourth-order valence-corrected chi connectivity index (χ4v) is 2.32. The lowest BCUT2D eigenvalue weighted by molar-refractivity contribution is 0.134. The van der Waals surface area contributed by atoms with Gasteiger partial charge in [-0.15, -0.1) is 0 Å². The average Bonchev–Trinajstić information content (AvgIpc) is 2.88. The van der Waals surface area contributed by atoms with Crippen LogP contribution >= 0.6 is 0 Å². The fraction of sp³-hybridized carbons (Fsp3) is 0.286. The molecule has 0 aliphatic carbocycles. The van der Waals surface area contributed by atoms with Crippen LogP contribution in [0.1, 0.15) is 28.4 Å². The first kappa shape index (κ1) is 11.3. The van der Waals surface area contributed by atoms with Crippen molar-refractivity contribution in [3.05, 3.63) is 59.2 Å². The Morgan fingerprint density at radius 2 is 2.11 bits per heavy atom. The van der Waals surface area contributed by atoms with E-state index in [-0.39, 0.29) is 6.04 Å². The lowest BCUT2D eigenvalue weighted by Gasteiger charge is -2.16. The van der Waals surface area contributed by atoms with Gasteiger partial charge in [-0.05, 0) is 23.7 Å². The van der Waals surface area contributed by atoms with Crippen molar-refractivity contribution in [1.29, 1.82) is 0 Å². The molecule has 2 heterocycles. The molecule has 1 N–H and O–H groups in total. The lowest BCUT2D eigenvalue weighted by Crippen LogP contribution is -2.19. The zero-order valence-corrected chi connectivity index (χ0v) is 10.3. The molecule has 0 bridgehead atoms. The first-order valence-electron chi connectivity index (χ1n) is 6.01. The SMILES string of the molecule is CNC(c1ccc2c(c1)COC2)c1cnccn1. The van der Waals surface area contributed by atoms with E-state index in [0.717, 1.165) is 12.3 Å². The van der Waals surface area contributed by atoms with Crippen molar-refractivity contribution in [2.45, 2.75) is 19.3 Å². The Labute approximate surface area is 106 Å². The van der Waals surface area contributed by atoms with Crippen molar-refractivity contribution in [3.8, 4) is 0 Å². The summed E-state index contributed by atoms with van der Waals surface area (Å²) >= 11 is 0. The van der Waals surface area contributed by atoms with Crippen LogP contribution in [0.5, 0.6) is 0 Å². The number of ether oxygens (including phenoxy) is 1. The Bertz CT molecular complexity index is 542. The van der Waals surface area contributed by atoms with E-state index >= 15 is 0 Å². The molecular formula is C14H15N3O. The molecule has 3 rings (SSSR count). The van der Waals surface area contributed by atoms with Gasteiger partial charge in [0.05, 0.1) is 31.1 Å². The summed E-state index contributed by atoms with van der Waals surface area (Å²) in [6, 6.07) is 6.53. The van der Waals surface area contributed by atoms with Crippen molar-refractivity contribution in [2.24, 2.45) is 0 Å². The summed E-state index contributed by atoms with van der Waals surface area (Å²) in [6.07, 6.45) is 5.20. The van der Waals surface area contributed by atoms with Crippen LogP contribution in [0.4, 0.5) is 0 Å². The van der Waals surface area contributed by atoms with Gasteiger partial charge in [-0.3, -0.25) is 9.97 Å². The smallest absolute Gasteiger partial charge is 0.0801 e. The van der Waals surface area contributed by atoms with Crippen molar-refractivity contribution >= 4 is 0 Å². The van der Waals surface area contributed by atoms with E-state index in [1.807, 2.05) is 7.05 Å². The highest BCUT2D eigenvalue weighted by atomic mass is 16.5. The van der Waals surface area contributed by atoms with Crippen LogP contribution in [0.2, 0.25) is 0 Å². The molecule has 0 spiro atoms. The maximum absolute atomic E-state index is 5.44. The number of aromatic nitrogens is 2. The first-order valence-corrected chi connectivity index (χ1v) is 6.01. The minimum atomic E-state index is 0.0737. The third-order valence-corrected chi connectivity index (χ3v) is 3.25. The largest absolute Gasteiger partial charge is 0.372 e. The second-order valence-electron chi connectivity index (χ2n) is 4.37. The molecule has 4 heteroatoms. The summed E-state index contributed by atoms with van der Waals surface area (Å²) in [7, 11) is 1.93. The van der Waals surface area contributed by atoms with Gasteiger partial charge in [0.1, 0.15) is 0 Å². The first-order chi connectivity index (χ1) is 8.88. The van der Waals surface area contributed by atoms with Gasteiger partial charge in [0.25, 0.3) is 0 Å². The third kappa shape index (κ3) is 2.00. The van der Waals surface area contributed by atoms with Gasteiger partial charge >= 0.3 is 0 Å². The molecule has 2 aromatic rings. The molecule has 1 unspecified atom stereocenters. The average molecular weight is 241 g/mol. The molecule has 1 atom stereocenters. The Hall–Kier alpha value is -1.78. The van der Waals surface area contributed by atoms with Crippen LogP contribution in [0.3, 0.4) is 0 Å². The van der Waals surface area contributed by atoms with Gasteiger partial charge in [-0.1, -0.05) is 18.2 Å². The molecule has 0 fully saturated rings. The van der Waals surface area contributed by atoms with Crippen molar-refractivity contribution in [2.75, 3.05) is 7.05 Å². The monoisotopic (exact) mass is 241 g/mol. The van der Waals surface area contributed by atoms with Crippen molar-refractivity contribution < 1.29 is 4.74 Å². The maximum Gasteiger partial charge on any atom is 0.0801 e. The van der Waals surface area contributed by atoms with E-state index in [1.165, 1.54) is 16.7 Å². The Kier molecular flexibility index (Phi) is 3.04. The molecular weight excluding hydrogens is 226 g/mol. The van der Waals surface area contributed by atoms with Gasteiger partial charge in [0.15, 0.2) is 0 Å². The number of nitrogens with one attached hydrogen (secondary N) is 1. The molecule has 1 aliphatic rings. The summed E-state index contributed by atoms with van der Waals surface area (Å²) in [6.45, 7) is 1.44. The second-order valence-corrected chi connectivity index (χ2v) is 4.37. The highest BCUT2D eigenvalue weighted by Gasteiger charge is 2.17. The summed E-state index contributed by atoms with van der Waals surface area (Å²) in [5.74, 6) is 0. The summed E-state index contributed by atoms with van der Waals surface area (Å²) < 4.78 is 5.44. The predicted molar refractivity (Wildman–Crippen MR) is 67.9 cm³/mol. The molecule has 0 amide bonds. The number of rotatable bonds is 3. The van der Waals surface area contributed by atoms with Crippen molar-refractivity contribution in [3.63, 3.8) is 0 Å². The lowest BCUT2D eigenvalue weighted by atomic mass is 9.99. The van der Waals surface area contributed by atoms with Gasteiger partial charge < -0.3 is 10.1 Å². The van der Waals surface area contributed by atoms with Crippen LogP contribution in [-0.2, 0) is 18.0 Å². The Morgan fingerprint density at radius 1 is 1.22 bits per heavy atom. The number of fused-ring (bicyclic) bond motifs is 1.